The van der Waals surface area contributed by atoms with Crippen molar-refractivity contribution in [3.05, 3.63) is 5.82 Å². The molecule has 1 saturated carbocycles. The van der Waals surface area contributed by atoms with Crippen molar-refractivity contribution in [3.8, 4) is 0 Å². The molecule has 2 rings (SSSR count). The number of nitrogens with zero attached hydrogens (tertiary/aromatic N) is 4. The molecule has 1 atom stereocenters. The van der Waals surface area contributed by atoms with Gasteiger partial charge in [-0.15, -0.1) is 5.10 Å². The molecule has 0 aliphatic heterocycles. The van der Waals surface area contributed by atoms with Gasteiger partial charge in [-0.25, -0.2) is 4.68 Å². The number of rotatable bonds is 4. The summed E-state index contributed by atoms with van der Waals surface area (Å²) in [6.07, 6.45) is 6.72. The van der Waals surface area contributed by atoms with Crippen LogP contribution in [0.1, 0.15) is 71.7 Å². The molecular formula is C14H27N5. The second-order valence-electron chi connectivity index (χ2n) is 6.78. The lowest BCUT2D eigenvalue weighted by Crippen LogP contribution is -2.36. The lowest BCUT2D eigenvalue weighted by Gasteiger charge is -2.28. The monoisotopic (exact) mass is 265 g/mol. The highest BCUT2D eigenvalue weighted by Crippen LogP contribution is 2.32. The third-order valence-corrected chi connectivity index (χ3v) is 4.06. The fraction of sp³-hybridized carbons (Fsp3) is 0.929. The molecule has 0 aromatic carbocycles. The van der Waals surface area contributed by atoms with Gasteiger partial charge in [0, 0.05) is 5.54 Å². The van der Waals surface area contributed by atoms with Crippen molar-refractivity contribution in [2.24, 2.45) is 5.92 Å². The zero-order chi connectivity index (χ0) is 13.9. The summed E-state index contributed by atoms with van der Waals surface area (Å²) in [6.45, 7) is 9.46. The van der Waals surface area contributed by atoms with Crippen molar-refractivity contribution in [2.75, 3.05) is 0 Å². The number of hydrogen-bond donors (Lipinski definition) is 1. The number of nitrogens with one attached hydrogen (secondary N) is 1. The Balaban J connectivity index is 2.01. The summed E-state index contributed by atoms with van der Waals surface area (Å²) in [6, 6.07) is 0.409. The summed E-state index contributed by atoms with van der Waals surface area (Å²) in [5, 5.41) is 15.7. The molecule has 5 nitrogen and oxygen atoms in total. The van der Waals surface area contributed by atoms with E-state index in [-0.39, 0.29) is 5.54 Å². The maximum atomic E-state index is 4.21. The maximum Gasteiger partial charge on any atom is 0.165 e. The van der Waals surface area contributed by atoms with Gasteiger partial charge in [-0.3, -0.25) is 0 Å². The molecule has 1 aromatic heterocycles. The summed E-state index contributed by atoms with van der Waals surface area (Å²) >= 11 is 0. The molecule has 1 heterocycles. The van der Waals surface area contributed by atoms with Crippen LogP contribution in [-0.4, -0.2) is 25.7 Å². The predicted octanol–water partition coefficient (Wildman–Crippen LogP) is 2.70. The molecular weight excluding hydrogens is 238 g/mol. The van der Waals surface area contributed by atoms with Crippen molar-refractivity contribution in [2.45, 2.75) is 77.9 Å². The lowest BCUT2D eigenvalue weighted by atomic mass is 9.84. The highest BCUT2D eigenvalue weighted by molar-refractivity contribution is 4.88. The van der Waals surface area contributed by atoms with E-state index in [9.17, 15) is 0 Å². The maximum absolute atomic E-state index is 4.21. The first-order valence-corrected chi connectivity index (χ1v) is 7.49. The standard InChI is InChI=1S/C14H27N5/c1-11(12-8-6-5-7-9-12)19-13(16-17-18-19)10-15-14(2,3)4/h11-12,15H,5-10H2,1-4H3. The Hall–Kier alpha value is -0.970. The first-order chi connectivity index (χ1) is 8.97. The van der Waals surface area contributed by atoms with E-state index in [1.807, 2.05) is 4.68 Å². The minimum atomic E-state index is 0.0882. The zero-order valence-electron chi connectivity index (χ0n) is 12.7. The topological polar surface area (TPSA) is 55.6 Å². The minimum Gasteiger partial charge on any atom is -0.305 e. The van der Waals surface area contributed by atoms with Crippen LogP contribution in [0.4, 0.5) is 0 Å². The molecule has 19 heavy (non-hydrogen) atoms. The van der Waals surface area contributed by atoms with Crippen molar-refractivity contribution >= 4 is 0 Å². The largest absolute Gasteiger partial charge is 0.305 e. The Morgan fingerprint density at radius 1 is 1.26 bits per heavy atom. The first kappa shape index (κ1) is 14.4. The van der Waals surface area contributed by atoms with Crippen LogP contribution in [0.15, 0.2) is 0 Å². The smallest absolute Gasteiger partial charge is 0.165 e. The van der Waals surface area contributed by atoms with E-state index in [1.165, 1.54) is 32.1 Å². The second kappa shape index (κ2) is 5.99. The van der Waals surface area contributed by atoms with E-state index >= 15 is 0 Å². The third kappa shape index (κ3) is 4.00. The van der Waals surface area contributed by atoms with Crippen LogP contribution >= 0.6 is 0 Å². The summed E-state index contributed by atoms with van der Waals surface area (Å²) in [5.74, 6) is 1.68. The van der Waals surface area contributed by atoms with E-state index in [1.54, 1.807) is 0 Å². The van der Waals surface area contributed by atoms with Crippen LogP contribution in [0.2, 0.25) is 0 Å². The lowest BCUT2D eigenvalue weighted by molar-refractivity contribution is 0.241. The highest BCUT2D eigenvalue weighted by atomic mass is 15.6. The van der Waals surface area contributed by atoms with Crippen LogP contribution in [0.5, 0.6) is 0 Å². The van der Waals surface area contributed by atoms with Crippen LogP contribution in [0, 0.1) is 5.92 Å². The Bertz CT molecular complexity index is 387. The molecule has 108 valence electrons. The van der Waals surface area contributed by atoms with Gasteiger partial charge in [0.1, 0.15) is 0 Å². The number of hydrogen-bond acceptors (Lipinski definition) is 4. The van der Waals surface area contributed by atoms with Gasteiger partial charge in [0.25, 0.3) is 0 Å². The van der Waals surface area contributed by atoms with E-state index in [0.29, 0.717) is 6.04 Å². The SMILES string of the molecule is CC(C1CCCCC1)n1nnnc1CNC(C)(C)C. The van der Waals surface area contributed by atoms with Gasteiger partial charge in [-0.05, 0) is 56.9 Å². The molecule has 0 bridgehead atoms. The third-order valence-electron chi connectivity index (χ3n) is 4.06. The van der Waals surface area contributed by atoms with Gasteiger partial charge in [-0.1, -0.05) is 19.3 Å². The average Bonchev–Trinajstić information content (AvgIpc) is 2.84. The van der Waals surface area contributed by atoms with E-state index in [0.717, 1.165) is 18.3 Å². The molecule has 1 unspecified atom stereocenters. The van der Waals surface area contributed by atoms with E-state index < -0.39 is 0 Å². The molecule has 1 N–H and O–H groups in total. The quantitative estimate of drug-likeness (QED) is 0.909. The van der Waals surface area contributed by atoms with Gasteiger partial charge in [-0.2, -0.15) is 0 Å². The van der Waals surface area contributed by atoms with E-state index in [2.05, 4.69) is 48.5 Å². The summed E-state index contributed by atoms with van der Waals surface area (Å²) in [4.78, 5) is 0. The fourth-order valence-electron chi connectivity index (χ4n) is 2.81. The molecule has 1 aromatic rings. The van der Waals surface area contributed by atoms with Crippen LogP contribution < -0.4 is 5.32 Å². The summed E-state index contributed by atoms with van der Waals surface area (Å²) < 4.78 is 2.02. The summed E-state index contributed by atoms with van der Waals surface area (Å²) in [5.41, 5.74) is 0.0882. The normalized spacial score (nSPS) is 19.6. The minimum absolute atomic E-state index is 0.0882. The first-order valence-electron chi connectivity index (χ1n) is 7.49. The molecule has 0 amide bonds. The van der Waals surface area contributed by atoms with Crippen molar-refractivity contribution in [1.29, 1.82) is 0 Å². The Morgan fingerprint density at radius 3 is 2.58 bits per heavy atom. The van der Waals surface area contributed by atoms with Gasteiger partial charge < -0.3 is 5.32 Å². The van der Waals surface area contributed by atoms with Gasteiger partial charge in [0.2, 0.25) is 0 Å². The predicted molar refractivity (Wildman–Crippen MR) is 75.7 cm³/mol. The fourth-order valence-corrected chi connectivity index (χ4v) is 2.81. The molecule has 0 spiro atoms. The zero-order valence-corrected chi connectivity index (χ0v) is 12.7. The van der Waals surface area contributed by atoms with Crippen LogP contribution in [0.25, 0.3) is 0 Å². The Kier molecular flexibility index (Phi) is 4.55. The summed E-state index contributed by atoms with van der Waals surface area (Å²) in [7, 11) is 0. The molecule has 1 aliphatic carbocycles. The Morgan fingerprint density at radius 2 is 1.95 bits per heavy atom. The van der Waals surface area contributed by atoms with Crippen molar-refractivity contribution in [1.82, 2.24) is 25.5 Å². The second-order valence-corrected chi connectivity index (χ2v) is 6.78. The highest BCUT2D eigenvalue weighted by Gasteiger charge is 2.24. The van der Waals surface area contributed by atoms with Gasteiger partial charge in [0.15, 0.2) is 5.82 Å². The Labute approximate surface area is 116 Å². The number of tetrazole rings is 1. The molecule has 1 fully saturated rings. The van der Waals surface area contributed by atoms with Gasteiger partial charge in [0.05, 0.1) is 12.6 Å². The van der Waals surface area contributed by atoms with Crippen LogP contribution in [-0.2, 0) is 6.54 Å². The van der Waals surface area contributed by atoms with Crippen molar-refractivity contribution < 1.29 is 0 Å². The van der Waals surface area contributed by atoms with Gasteiger partial charge >= 0.3 is 0 Å². The average molecular weight is 265 g/mol. The molecule has 5 heteroatoms. The van der Waals surface area contributed by atoms with Crippen LogP contribution in [0.3, 0.4) is 0 Å². The number of aromatic nitrogens is 4. The molecule has 1 aliphatic rings. The molecule has 0 radical (unpaired) electrons. The van der Waals surface area contributed by atoms with E-state index in [4.69, 9.17) is 0 Å². The van der Waals surface area contributed by atoms with Crippen molar-refractivity contribution in [3.63, 3.8) is 0 Å². The molecule has 0 saturated heterocycles.